The van der Waals surface area contributed by atoms with Crippen molar-refractivity contribution in [2.45, 2.75) is 50.6 Å². The van der Waals surface area contributed by atoms with E-state index in [1.54, 1.807) is 0 Å². The van der Waals surface area contributed by atoms with Crippen molar-refractivity contribution >= 4 is 11.5 Å². The van der Waals surface area contributed by atoms with Crippen LogP contribution in [0.1, 0.15) is 53.6 Å². The van der Waals surface area contributed by atoms with Gasteiger partial charge in [-0.05, 0) is 73.8 Å². The Balaban J connectivity index is 1.35. The Hall–Kier alpha value is -3.10. The first-order valence-corrected chi connectivity index (χ1v) is 13.9. The molecule has 8 nitrogen and oxygen atoms in total. The van der Waals surface area contributed by atoms with Crippen LogP contribution in [0.25, 0.3) is 11.1 Å². The van der Waals surface area contributed by atoms with Gasteiger partial charge in [0.2, 0.25) is 0 Å². The van der Waals surface area contributed by atoms with E-state index < -0.39 is 0 Å². The van der Waals surface area contributed by atoms with Crippen LogP contribution < -0.4 is 10.2 Å². The summed E-state index contributed by atoms with van der Waals surface area (Å²) in [5, 5.41) is 13.4. The number of benzene rings is 1. The van der Waals surface area contributed by atoms with Gasteiger partial charge in [-0.25, -0.2) is 0 Å². The van der Waals surface area contributed by atoms with Crippen LogP contribution >= 0.6 is 0 Å². The molecule has 0 saturated carbocycles. The third-order valence-electron chi connectivity index (χ3n) is 8.73. The molecule has 8 heteroatoms. The van der Waals surface area contributed by atoms with E-state index in [0.29, 0.717) is 12.0 Å². The van der Waals surface area contributed by atoms with Crippen molar-refractivity contribution in [1.82, 2.24) is 29.8 Å². The average Bonchev–Trinajstić information content (AvgIpc) is 3.51. The zero-order valence-corrected chi connectivity index (χ0v) is 21.8. The van der Waals surface area contributed by atoms with E-state index in [1.807, 2.05) is 24.1 Å². The van der Waals surface area contributed by atoms with Gasteiger partial charge in [-0.2, -0.15) is 10.2 Å². The molecule has 1 aromatic carbocycles. The molecule has 2 fully saturated rings. The summed E-state index contributed by atoms with van der Waals surface area (Å²) < 4.78 is 9.94. The highest BCUT2D eigenvalue weighted by Gasteiger charge is 2.33. The highest BCUT2D eigenvalue weighted by atomic mass is 16.5. The van der Waals surface area contributed by atoms with Crippen LogP contribution in [0.2, 0.25) is 0 Å². The number of piperidine rings is 1. The Morgan fingerprint density at radius 1 is 1.14 bits per heavy atom. The van der Waals surface area contributed by atoms with E-state index in [9.17, 15) is 0 Å². The first kappa shape index (κ1) is 23.0. The van der Waals surface area contributed by atoms with Gasteiger partial charge in [0.25, 0.3) is 0 Å². The Labute approximate surface area is 218 Å². The van der Waals surface area contributed by atoms with E-state index in [0.717, 1.165) is 83.9 Å². The number of aryl methyl sites for hydroxylation is 2. The lowest BCUT2D eigenvalue weighted by Crippen LogP contribution is -2.32. The largest absolute Gasteiger partial charge is 0.380 e. The predicted octanol–water partition coefficient (Wildman–Crippen LogP) is 3.91. The molecule has 0 amide bonds. The van der Waals surface area contributed by atoms with Crippen LogP contribution in [0.5, 0.6) is 0 Å². The topological polar surface area (TPSA) is 63.4 Å². The van der Waals surface area contributed by atoms with E-state index in [4.69, 9.17) is 9.84 Å². The van der Waals surface area contributed by atoms with Gasteiger partial charge in [0, 0.05) is 67.7 Å². The molecule has 0 unspecified atom stereocenters. The number of ether oxygens (including phenoxy) is 1. The lowest BCUT2D eigenvalue weighted by Gasteiger charge is -2.35. The van der Waals surface area contributed by atoms with Gasteiger partial charge < -0.3 is 19.9 Å². The van der Waals surface area contributed by atoms with Crippen molar-refractivity contribution < 1.29 is 4.74 Å². The number of fused-ring (bicyclic) bond motifs is 2. The molecule has 3 aromatic rings. The van der Waals surface area contributed by atoms with E-state index in [2.05, 4.69) is 49.8 Å². The number of nitrogens with one attached hydrogen (secondary N) is 1. The highest BCUT2D eigenvalue weighted by molar-refractivity contribution is 5.77. The van der Waals surface area contributed by atoms with Crippen molar-refractivity contribution in [2.75, 3.05) is 44.3 Å². The summed E-state index contributed by atoms with van der Waals surface area (Å²) in [7, 11) is 1.99. The summed E-state index contributed by atoms with van der Waals surface area (Å²) in [6.07, 6.45) is 11.7. The number of rotatable bonds is 5. The minimum Gasteiger partial charge on any atom is -0.380 e. The molecule has 6 heterocycles. The summed E-state index contributed by atoms with van der Waals surface area (Å²) >= 11 is 0. The van der Waals surface area contributed by atoms with Crippen LogP contribution in [-0.2, 0) is 31.2 Å². The van der Waals surface area contributed by atoms with Crippen LogP contribution in [0.15, 0.2) is 37.3 Å². The fourth-order valence-corrected chi connectivity index (χ4v) is 6.61. The molecule has 2 saturated heterocycles. The molecule has 4 aliphatic rings. The maximum absolute atomic E-state index is 5.64. The van der Waals surface area contributed by atoms with E-state index in [1.165, 1.54) is 39.2 Å². The number of aromatic nitrogens is 4. The van der Waals surface area contributed by atoms with Crippen LogP contribution in [0, 0.1) is 0 Å². The maximum Gasteiger partial charge on any atom is 0.160 e. The van der Waals surface area contributed by atoms with Gasteiger partial charge >= 0.3 is 0 Å². The fourth-order valence-electron chi connectivity index (χ4n) is 6.61. The van der Waals surface area contributed by atoms with E-state index >= 15 is 0 Å². The summed E-state index contributed by atoms with van der Waals surface area (Å²) in [6, 6.07) is 5.37. The SMILES string of the molecule is C=CN1CCc2c(c(N3CCCc4cc(-c5cnn(C)c5)c(C5COC5)cc43)nn2C2CCNCC2)C1. The second-order valence-electron chi connectivity index (χ2n) is 11.0. The van der Waals surface area contributed by atoms with Gasteiger partial charge in [0.15, 0.2) is 5.82 Å². The minimum absolute atomic E-state index is 0.432. The smallest absolute Gasteiger partial charge is 0.160 e. The van der Waals surface area contributed by atoms with Crippen LogP contribution in [-0.4, -0.2) is 63.9 Å². The van der Waals surface area contributed by atoms with Gasteiger partial charge in [-0.3, -0.25) is 9.36 Å². The van der Waals surface area contributed by atoms with Crippen LogP contribution in [0.4, 0.5) is 11.5 Å². The fraction of sp³-hybridized carbons (Fsp3) is 0.517. The second kappa shape index (κ2) is 9.33. The quantitative estimate of drug-likeness (QED) is 0.574. The summed E-state index contributed by atoms with van der Waals surface area (Å²) in [5.41, 5.74) is 9.45. The van der Waals surface area contributed by atoms with Crippen molar-refractivity contribution in [3.05, 3.63) is 59.7 Å². The Bertz CT molecular complexity index is 1310. The van der Waals surface area contributed by atoms with Crippen LogP contribution in [0.3, 0.4) is 0 Å². The molecule has 0 spiro atoms. The van der Waals surface area contributed by atoms with Crippen molar-refractivity contribution in [3.63, 3.8) is 0 Å². The average molecular weight is 500 g/mol. The molecule has 1 N–H and O–H groups in total. The number of nitrogens with zero attached hydrogens (tertiary/aromatic N) is 6. The molecule has 0 bridgehead atoms. The molecule has 0 aliphatic carbocycles. The molecular weight excluding hydrogens is 462 g/mol. The lowest BCUT2D eigenvalue weighted by atomic mass is 9.86. The monoisotopic (exact) mass is 499 g/mol. The maximum atomic E-state index is 5.64. The molecule has 4 aliphatic heterocycles. The summed E-state index contributed by atoms with van der Waals surface area (Å²) in [4.78, 5) is 4.87. The van der Waals surface area contributed by atoms with Crippen molar-refractivity contribution in [3.8, 4) is 11.1 Å². The normalized spacial score (nSPS) is 20.5. The number of hydrogen-bond acceptors (Lipinski definition) is 6. The summed E-state index contributed by atoms with van der Waals surface area (Å²) in [5.74, 6) is 1.59. The zero-order valence-electron chi connectivity index (χ0n) is 21.8. The molecule has 7 rings (SSSR count). The molecule has 2 aromatic heterocycles. The highest BCUT2D eigenvalue weighted by Crippen LogP contribution is 2.44. The molecule has 0 atom stereocenters. The van der Waals surface area contributed by atoms with Crippen molar-refractivity contribution in [2.24, 2.45) is 7.05 Å². The van der Waals surface area contributed by atoms with E-state index in [-0.39, 0.29) is 0 Å². The minimum atomic E-state index is 0.432. The van der Waals surface area contributed by atoms with Gasteiger partial charge in [-0.1, -0.05) is 6.58 Å². The first-order chi connectivity index (χ1) is 18.2. The van der Waals surface area contributed by atoms with Gasteiger partial charge in [-0.15, -0.1) is 0 Å². The molecule has 0 radical (unpaired) electrons. The Morgan fingerprint density at radius 2 is 2.00 bits per heavy atom. The second-order valence-corrected chi connectivity index (χ2v) is 11.0. The lowest BCUT2D eigenvalue weighted by molar-refractivity contribution is 0.00865. The zero-order chi connectivity index (χ0) is 24.9. The molecule has 37 heavy (non-hydrogen) atoms. The number of hydrogen-bond donors (Lipinski definition) is 1. The molecular formula is C29H37N7O. The Morgan fingerprint density at radius 3 is 2.73 bits per heavy atom. The standard InChI is InChI=1S/C29H37N7O/c1-3-34-12-8-27-26(17-34)29(32-36(27)23-6-9-30-10-7-23)35-11-4-5-20-13-24(21-15-31-33(2)16-21)25(14-28(20)35)22-18-37-19-22/h3,13-16,22-23,30H,1,4-12,17-19H2,2H3. The number of anilines is 2. The predicted molar refractivity (Wildman–Crippen MR) is 145 cm³/mol. The van der Waals surface area contributed by atoms with Crippen molar-refractivity contribution in [1.29, 1.82) is 0 Å². The Kier molecular flexibility index (Phi) is 5.81. The molecule has 194 valence electrons. The third-order valence-corrected chi connectivity index (χ3v) is 8.73. The first-order valence-electron chi connectivity index (χ1n) is 13.9. The summed E-state index contributed by atoms with van der Waals surface area (Å²) in [6.45, 7) is 10.7. The third kappa shape index (κ3) is 3.97. The van der Waals surface area contributed by atoms with Gasteiger partial charge in [0.1, 0.15) is 0 Å². The van der Waals surface area contributed by atoms with Gasteiger partial charge in [0.05, 0.1) is 25.5 Å².